The number of unbranched alkanes of at least 4 members (excludes halogenated alkanes) is 2. The number of rotatable bonds is 41. The number of imide groups is 1. The zero-order chi connectivity index (χ0) is 103. The lowest BCUT2D eigenvalue weighted by Crippen LogP contribution is -2.64. The maximum absolute atomic E-state index is 14.7. The number of hydrogen-bond acceptors (Lipinski definition) is 40. The van der Waals surface area contributed by atoms with Crippen LogP contribution in [0.4, 0.5) is 30.6 Å². The van der Waals surface area contributed by atoms with Gasteiger partial charge in [0.05, 0.1) is 114 Å². The molecule has 4 saturated heterocycles. The number of anilines is 2. The molecule has 0 bridgehead atoms. The lowest BCUT2D eigenvalue weighted by molar-refractivity contribution is -0.282. The summed E-state index contributed by atoms with van der Waals surface area (Å²) in [4.78, 5) is 223. The second kappa shape index (κ2) is 50.8. The van der Waals surface area contributed by atoms with Gasteiger partial charge in [-0.25, -0.2) is 28.8 Å². The first kappa shape index (κ1) is 110. The maximum Gasteiger partial charge on any atom is 0.444 e. The first-order chi connectivity index (χ1) is 65.7. The van der Waals surface area contributed by atoms with E-state index in [1.165, 1.54) is 127 Å². The van der Waals surface area contributed by atoms with Gasteiger partial charge in [0.1, 0.15) is 35.9 Å². The molecule has 8 rings (SSSR count). The van der Waals surface area contributed by atoms with Gasteiger partial charge in [0.15, 0.2) is 59.6 Å². The summed E-state index contributed by atoms with van der Waals surface area (Å²) in [5, 5.41) is 31.4. The highest BCUT2D eigenvalue weighted by Crippen LogP contribution is 2.41. The molecule has 0 aromatic heterocycles. The molecular formula is C92H117N7O40. The predicted octanol–water partition coefficient (Wildman–Crippen LogP) is 6.71. The number of methoxy groups -OCH3 is 5. The molecule has 8 amide bonds. The molecule has 0 aliphatic carbocycles. The molecule has 4 fully saturated rings. The Bertz CT molecular complexity index is 5150. The monoisotopic (exact) mass is 1960 g/mol. The minimum Gasteiger partial charge on any atom is -0.493 e. The van der Waals surface area contributed by atoms with Crippen molar-refractivity contribution in [3.05, 3.63) is 118 Å². The van der Waals surface area contributed by atoms with E-state index >= 15 is 0 Å². The zero-order valence-corrected chi connectivity index (χ0v) is 79.9. The number of amides is 8. The minimum atomic E-state index is -2.01. The van der Waals surface area contributed by atoms with Gasteiger partial charge in [0, 0.05) is 87.0 Å². The Morgan fingerprint density at radius 3 is 1.14 bits per heavy atom. The predicted molar refractivity (Wildman–Crippen MR) is 475 cm³/mol. The van der Waals surface area contributed by atoms with Crippen molar-refractivity contribution in [2.45, 2.75) is 213 Å². The quantitative estimate of drug-likeness (QED) is 0.00883. The van der Waals surface area contributed by atoms with Crippen molar-refractivity contribution in [1.82, 2.24) is 25.5 Å². The van der Waals surface area contributed by atoms with Gasteiger partial charge in [0.25, 0.3) is 23.6 Å². The first-order valence-electron chi connectivity index (χ1n) is 43.5. The van der Waals surface area contributed by atoms with Gasteiger partial charge >= 0.3 is 72.1 Å². The van der Waals surface area contributed by atoms with E-state index in [4.69, 9.17) is 104 Å². The Morgan fingerprint density at radius 1 is 0.439 bits per heavy atom. The first-order valence-corrected chi connectivity index (χ1v) is 43.5. The molecule has 0 unspecified atom stereocenters. The molecule has 4 aliphatic heterocycles. The Morgan fingerprint density at radius 2 is 0.799 bits per heavy atom. The molecule has 6 N–H and O–H groups in total. The lowest BCUT2D eigenvalue weighted by Gasteiger charge is -2.43. The third-order valence-electron chi connectivity index (χ3n) is 20.3. The van der Waals surface area contributed by atoms with Crippen molar-refractivity contribution in [3.63, 3.8) is 0 Å². The van der Waals surface area contributed by atoms with Crippen LogP contribution in [0.3, 0.4) is 0 Å². The summed E-state index contributed by atoms with van der Waals surface area (Å²) in [5.41, 5.74) is -2.12. The molecule has 47 nitrogen and oxygen atoms in total. The zero-order valence-electron chi connectivity index (χ0n) is 79.9. The molecule has 47 heteroatoms. The van der Waals surface area contributed by atoms with Gasteiger partial charge in [-0.2, -0.15) is 0 Å². The second-order valence-corrected chi connectivity index (χ2v) is 33.5. The Labute approximate surface area is 798 Å². The fraction of sp³-hybridized carbons (Fsp3) is 0.522. The topological polar surface area (TPSA) is 574 Å². The molecule has 4 aromatic carbocycles. The van der Waals surface area contributed by atoms with Crippen LogP contribution < -0.4 is 49.7 Å². The molecule has 4 aromatic rings. The fourth-order valence-electron chi connectivity index (χ4n) is 14.5. The van der Waals surface area contributed by atoms with Crippen LogP contribution in [0.25, 0.3) is 0 Å². The standard InChI is InChI=1S/C92H117N7O40/c1-47-33-57(43-100)97(41-47)81(110)59-37-67(119-16)69(39-63(59)95-87(114)125-45-55-23-25-65(61(35-55)79(108)93-27-31-118-15)134-85-77(132-53(7)106)73(130-51(5)104)71(128-49(3)102)75(136-85)83(112)121-18)123-29-21-20-22-30-124-70-40-64(60(38-68(70)120-17)82(111)98-42-48(2)34-58(98)44-101)96-88(115)126-46-56-24-26-66(62(36-56)80(109)94-28-32-127-99(89(116)138-91(9,10)11)90(117)139-92(12,13)14)135-86-78(133-54(8)107)74(131-52(6)105)72(129-50(4)103)76(137-86)84(113)122-19/h23-26,35-40,57-58,71-78,85-86,100-101H,1-2,20-22,27-34,41-46H2,3-19H3,(H,93,108)(H,94,109)(H,95,114)(H,96,115)/t57-,58-,71-,72-,73-,74-,75-,76-,77+,78+,85+,86+/m0/s1. The van der Waals surface area contributed by atoms with Gasteiger partial charge in [0.2, 0.25) is 24.8 Å². The van der Waals surface area contributed by atoms with Gasteiger partial charge in [-0.05, 0) is 121 Å². The van der Waals surface area contributed by atoms with E-state index in [0.717, 1.165) is 61.8 Å². The average molecular weight is 1960 g/mol. The van der Waals surface area contributed by atoms with E-state index < -0.39 is 231 Å². The van der Waals surface area contributed by atoms with E-state index in [1.807, 2.05) is 0 Å². The van der Waals surface area contributed by atoms with Crippen molar-refractivity contribution >= 4 is 107 Å². The number of carbonyl (C=O) groups is 16. The smallest absolute Gasteiger partial charge is 0.444 e. The van der Waals surface area contributed by atoms with Crippen LogP contribution in [0.1, 0.15) is 168 Å². The van der Waals surface area contributed by atoms with Crippen LogP contribution in [0.5, 0.6) is 34.5 Å². The van der Waals surface area contributed by atoms with Crippen molar-refractivity contribution in [1.29, 1.82) is 0 Å². The molecular weight excluding hydrogens is 1840 g/mol. The third kappa shape index (κ3) is 31.4. The number of likely N-dealkylation sites (tertiary alicyclic amines) is 2. The molecule has 4 aliphatic rings. The highest BCUT2D eigenvalue weighted by molar-refractivity contribution is 6.06. The van der Waals surface area contributed by atoms with Crippen molar-refractivity contribution in [2.24, 2.45) is 0 Å². The van der Waals surface area contributed by atoms with E-state index in [-0.39, 0.29) is 125 Å². The maximum atomic E-state index is 14.7. The van der Waals surface area contributed by atoms with Crippen molar-refractivity contribution in [3.8, 4) is 34.5 Å². The molecule has 139 heavy (non-hydrogen) atoms. The number of esters is 8. The van der Waals surface area contributed by atoms with E-state index in [1.54, 1.807) is 0 Å². The van der Waals surface area contributed by atoms with Crippen molar-refractivity contribution in [2.75, 3.05) is 112 Å². The van der Waals surface area contributed by atoms with Crippen LogP contribution in [0.2, 0.25) is 0 Å². The SMILES string of the molecule is C=C1C[C@@H](CO)N(C(=O)c2cc(OC)c(OCCCCCOc3cc(NC(=O)OCc4ccc(O[C@@H]5O[C@H](C(=O)OC)[C@@H](OC(C)=O)[C@H](OC(C)=O)[C@H]5OC(C)=O)c(C(=O)NCCON(C(=O)OC(C)(C)C)C(=O)OC(C)(C)C)c4)c(C(=O)N4CC(=C)C[C@H]4CO)cc3OC)cc2NC(=O)OCc2ccc(O[C@@H]3O[C@H](C(=O)OC)[C@@H](OC(C)=O)[C@H](OC(C)=O)[C@H]3OC(C)=O)c(C(=O)NCCOC)c2)C1. The highest BCUT2D eigenvalue weighted by Gasteiger charge is 2.58. The number of benzene rings is 4. The molecule has 0 radical (unpaired) electrons. The summed E-state index contributed by atoms with van der Waals surface area (Å²) >= 11 is 0. The number of carbonyl (C=O) groups excluding carboxylic acids is 16. The molecule has 12 atom stereocenters. The average Bonchev–Trinajstić information content (AvgIpc) is 1.56. The largest absolute Gasteiger partial charge is 0.493 e. The minimum absolute atomic E-state index is 0.0113. The number of ether oxygens (including phenoxy) is 21. The van der Waals surface area contributed by atoms with Gasteiger partial charge < -0.3 is 130 Å². The summed E-state index contributed by atoms with van der Waals surface area (Å²) in [6.45, 7) is 19.9. The normalized spacial score (nSPS) is 19.9. The van der Waals surface area contributed by atoms with Crippen LogP contribution in [-0.2, 0) is 127 Å². The van der Waals surface area contributed by atoms with Crippen LogP contribution >= 0.6 is 0 Å². The summed E-state index contributed by atoms with van der Waals surface area (Å²) < 4.78 is 118. The summed E-state index contributed by atoms with van der Waals surface area (Å²) in [7, 11) is 5.97. The van der Waals surface area contributed by atoms with Crippen molar-refractivity contribution < 1.29 is 191 Å². The Hall–Kier alpha value is -14.2. The number of nitrogens with zero attached hydrogens (tertiary/aromatic N) is 3. The fourth-order valence-corrected chi connectivity index (χ4v) is 14.5. The molecule has 4 heterocycles. The summed E-state index contributed by atoms with van der Waals surface area (Å²) in [5.74, 6) is -12.0. The van der Waals surface area contributed by atoms with Crippen LogP contribution in [0.15, 0.2) is 85.0 Å². The number of hydroxylamine groups is 2. The van der Waals surface area contributed by atoms with E-state index in [2.05, 4.69) is 34.4 Å². The number of aliphatic hydroxyl groups is 2. The summed E-state index contributed by atoms with van der Waals surface area (Å²) in [6, 6.07) is 11.4. The van der Waals surface area contributed by atoms with Gasteiger partial charge in [-0.1, -0.05) is 41.5 Å². The van der Waals surface area contributed by atoms with Crippen LogP contribution in [0, 0.1) is 0 Å². The second-order valence-electron chi connectivity index (χ2n) is 33.5. The highest BCUT2D eigenvalue weighted by atomic mass is 16.8. The molecule has 760 valence electrons. The van der Waals surface area contributed by atoms with Crippen LogP contribution in [-0.4, -0.2) is 307 Å². The molecule has 0 spiro atoms. The third-order valence-corrected chi connectivity index (χ3v) is 20.3. The number of aliphatic hydroxyl groups excluding tert-OH is 2. The molecule has 0 saturated carbocycles. The summed E-state index contributed by atoms with van der Waals surface area (Å²) in [6.07, 6.45) is -21.8. The number of hydrogen-bond donors (Lipinski definition) is 6. The Balaban J connectivity index is 1.02. The van der Waals surface area contributed by atoms with Gasteiger partial charge in [-0.3, -0.25) is 63.4 Å². The Kier molecular flexibility index (Phi) is 40.2. The lowest BCUT2D eigenvalue weighted by atomic mass is 9.97. The number of nitrogens with one attached hydrogen (secondary N) is 4. The van der Waals surface area contributed by atoms with Gasteiger partial charge in [-0.15, -0.1) is 0 Å². The van der Waals surface area contributed by atoms with E-state index in [9.17, 15) is 86.9 Å². The van der Waals surface area contributed by atoms with E-state index in [0.29, 0.717) is 30.4 Å².